The number of hydrogen-bond acceptors (Lipinski definition) is 4. The van der Waals surface area contributed by atoms with Crippen LogP contribution in [-0.2, 0) is 14.3 Å². The lowest BCUT2D eigenvalue weighted by Crippen LogP contribution is -2.13. The lowest BCUT2D eigenvalue weighted by Gasteiger charge is -2.09. The summed E-state index contributed by atoms with van der Waals surface area (Å²) in [7, 11) is 0. The van der Waals surface area contributed by atoms with Gasteiger partial charge in [-0.15, -0.1) is 11.6 Å². The maximum atomic E-state index is 11.8. The average molecular weight is 369 g/mol. The Bertz CT molecular complexity index is 542. The largest absolute Gasteiger partial charge is 0.466 e. The molecule has 0 saturated heterocycles. The molecule has 0 bridgehead atoms. The van der Waals surface area contributed by atoms with E-state index in [0.29, 0.717) is 12.4 Å². The van der Waals surface area contributed by atoms with Crippen molar-refractivity contribution in [2.45, 2.75) is 65.2 Å². The van der Waals surface area contributed by atoms with Gasteiger partial charge in [-0.05, 0) is 43.9 Å². The molecular formula is C20H29ClO4. The molecular weight excluding hydrogens is 340 g/mol. The predicted octanol–water partition coefficient (Wildman–Crippen LogP) is 5.11. The van der Waals surface area contributed by atoms with E-state index in [1.807, 2.05) is 26.0 Å². The van der Waals surface area contributed by atoms with Gasteiger partial charge in [-0.25, -0.2) is 0 Å². The van der Waals surface area contributed by atoms with E-state index in [-0.39, 0.29) is 18.8 Å². The van der Waals surface area contributed by atoms with Crippen molar-refractivity contribution in [2.24, 2.45) is 0 Å². The van der Waals surface area contributed by atoms with E-state index in [2.05, 4.69) is 0 Å². The molecule has 0 aliphatic carbocycles. The number of ether oxygens (including phenoxy) is 2. The minimum atomic E-state index is -0.412. The summed E-state index contributed by atoms with van der Waals surface area (Å²) in [4.78, 5) is 23.5. The number of alkyl halides is 1. The number of unbranched alkanes of at least 4 members (excludes halogenated alkanes) is 5. The summed E-state index contributed by atoms with van der Waals surface area (Å²) in [6.45, 7) is 4.28. The van der Waals surface area contributed by atoms with Crippen LogP contribution in [0.2, 0.25) is 0 Å². The van der Waals surface area contributed by atoms with Gasteiger partial charge in [0.1, 0.15) is 5.75 Å². The Labute approximate surface area is 155 Å². The molecule has 0 aliphatic heterocycles. The number of rotatable bonds is 12. The molecule has 0 fully saturated rings. The summed E-state index contributed by atoms with van der Waals surface area (Å²) in [6, 6.07) is 5.56. The van der Waals surface area contributed by atoms with E-state index >= 15 is 0 Å². The zero-order valence-electron chi connectivity index (χ0n) is 15.3. The van der Waals surface area contributed by atoms with Crippen molar-refractivity contribution in [1.82, 2.24) is 0 Å². The Hall–Kier alpha value is -1.55. The van der Waals surface area contributed by atoms with Crippen LogP contribution in [0.4, 0.5) is 0 Å². The summed E-state index contributed by atoms with van der Waals surface area (Å²) in [5.41, 5.74) is 2.00. The molecule has 4 nitrogen and oxygen atoms in total. The van der Waals surface area contributed by atoms with E-state index in [4.69, 9.17) is 21.1 Å². The van der Waals surface area contributed by atoms with Gasteiger partial charge >= 0.3 is 11.9 Å². The Kier molecular flexibility index (Phi) is 11.0. The molecule has 0 aliphatic rings. The highest BCUT2D eigenvalue weighted by molar-refractivity contribution is 6.17. The third-order valence-electron chi connectivity index (χ3n) is 4.10. The second kappa shape index (κ2) is 12.8. The number of carbonyl (C=O) groups excluding carboxylic acids is 2. The topological polar surface area (TPSA) is 52.6 Å². The van der Waals surface area contributed by atoms with Crippen LogP contribution in [0.3, 0.4) is 0 Å². The van der Waals surface area contributed by atoms with Crippen molar-refractivity contribution in [3.8, 4) is 5.75 Å². The predicted molar refractivity (Wildman–Crippen MR) is 100 cm³/mol. The first-order valence-corrected chi connectivity index (χ1v) is 9.56. The molecule has 140 valence electrons. The molecule has 0 unspecified atom stereocenters. The number of carbonyl (C=O) groups is 2. The number of halogens is 1. The first-order chi connectivity index (χ1) is 12.0. The molecule has 25 heavy (non-hydrogen) atoms. The van der Waals surface area contributed by atoms with Crippen LogP contribution in [0.25, 0.3) is 0 Å². The second-order valence-corrected chi connectivity index (χ2v) is 6.58. The van der Waals surface area contributed by atoms with Crippen molar-refractivity contribution < 1.29 is 19.1 Å². The number of hydrogen-bond donors (Lipinski definition) is 0. The molecule has 0 aromatic heterocycles. The van der Waals surface area contributed by atoms with Gasteiger partial charge in [0, 0.05) is 5.88 Å². The minimum absolute atomic E-state index is 0.0324. The molecule has 1 aromatic rings. The van der Waals surface area contributed by atoms with Gasteiger partial charge in [-0.1, -0.05) is 37.8 Å². The van der Waals surface area contributed by atoms with E-state index in [1.165, 1.54) is 6.42 Å². The SMILES string of the molecule is Cc1cccc(OC(=O)CCC(=O)OCCCCCCCCCl)c1C. The lowest BCUT2D eigenvalue weighted by atomic mass is 10.1. The van der Waals surface area contributed by atoms with Crippen LogP contribution in [0.15, 0.2) is 18.2 Å². The van der Waals surface area contributed by atoms with Crippen molar-refractivity contribution in [3.63, 3.8) is 0 Å². The zero-order chi connectivity index (χ0) is 18.5. The van der Waals surface area contributed by atoms with Crippen LogP contribution in [0.1, 0.15) is 62.5 Å². The van der Waals surface area contributed by atoms with Gasteiger partial charge in [0.2, 0.25) is 0 Å². The highest BCUT2D eigenvalue weighted by atomic mass is 35.5. The quantitative estimate of drug-likeness (QED) is 0.222. The van der Waals surface area contributed by atoms with Crippen LogP contribution in [0, 0.1) is 13.8 Å². The summed E-state index contributed by atoms with van der Waals surface area (Å²) in [5.74, 6) is 0.515. The van der Waals surface area contributed by atoms with Gasteiger partial charge in [0.15, 0.2) is 0 Å². The number of benzene rings is 1. The molecule has 1 aromatic carbocycles. The van der Waals surface area contributed by atoms with Crippen LogP contribution in [-0.4, -0.2) is 24.4 Å². The van der Waals surface area contributed by atoms with Gasteiger partial charge in [0.05, 0.1) is 19.4 Å². The van der Waals surface area contributed by atoms with Gasteiger partial charge in [-0.2, -0.15) is 0 Å². The second-order valence-electron chi connectivity index (χ2n) is 6.20. The molecule has 0 heterocycles. The maximum absolute atomic E-state index is 11.8. The molecule has 0 N–H and O–H groups in total. The summed E-state index contributed by atoms with van der Waals surface area (Å²) in [5, 5.41) is 0. The smallest absolute Gasteiger partial charge is 0.311 e. The maximum Gasteiger partial charge on any atom is 0.311 e. The Morgan fingerprint density at radius 2 is 1.56 bits per heavy atom. The van der Waals surface area contributed by atoms with Gasteiger partial charge < -0.3 is 9.47 Å². The van der Waals surface area contributed by atoms with Crippen molar-refractivity contribution in [1.29, 1.82) is 0 Å². The first kappa shape index (κ1) is 21.5. The zero-order valence-corrected chi connectivity index (χ0v) is 16.1. The average Bonchev–Trinajstić information content (AvgIpc) is 2.59. The summed E-state index contributed by atoms with van der Waals surface area (Å²) < 4.78 is 10.5. The molecule has 0 saturated carbocycles. The molecule has 0 radical (unpaired) electrons. The molecule has 0 amide bonds. The van der Waals surface area contributed by atoms with Crippen LogP contribution in [0.5, 0.6) is 5.75 Å². The summed E-state index contributed by atoms with van der Waals surface area (Å²) >= 11 is 5.62. The third-order valence-corrected chi connectivity index (χ3v) is 4.37. The standard InChI is InChI=1S/C20H29ClO4/c1-16-10-9-11-18(17(16)2)25-20(23)13-12-19(22)24-15-8-6-4-3-5-7-14-21/h9-11H,3-8,12-15H2,1-2H3. The van der Waals surface area contributed by atoms with E-state index in [0.717, 1.165) is 49.1 Å². The van der Waals surface area contributed by atoms with E-state index in [1.54, 1.807) is 6.07 Å². The molecule has 5 heteroatoms. The van der Waals surface area contributed by atoms with Gasteiger partial charge in [0.25, 0.3) is 0 Å². The molecule has 0 spiro atoms. The fourth-order valence-corrected chi connectivity index (χ4v) is 2.56. The Morgan fingerprint density at radius 3 is 2.28 bits per heavy atom. The van der Waals surface area contributed by atoms with E-state index < -0.39 is 5.97 Å². The molecule has 1 rings (SSSR count). The summed E-state index contributed by atoms with van der Waals surface area (Å²) in [6.07, 6.45) is 6.52. The lowest BCUT2D eigenvalue weighted by molar-refractivity contribution is -0.147. The fraction of sp³-hybridized carbons (Fsp3) is 0.600. The van der Waals surface area contributed by atoms with Crippen LogP contribution >= 0.6 is 11.6 Å². The highest BCUT2D eigenvalue weighted by Gasteiger charge is 2.11. The van der Waals surface area contributed by atoms with Crippen molar-refractivity contribution in [2.75, 3.05) is 12.5 Å². The first-order valence-electron chi connectivity index (χ1n) is 9.03. The van der Waals surface area contributed by atoms with Crippen molar-refractivity contribution >= 4 is 23.5 Å². The van der Waals surface area contributed by atoms with Gasteiger partial charge in [-0.3, -0.25) is 9.59 Å². The fourth-order valence-electron chi connectivity index (χ4n) is 2.37. The third kappa shape index (κ3) is 9.49. The highest BCUT2D eigenvalue weighted by Crippen LogP contribution is 2.21. The number of esters is 2. The van der Waals surface area contributed by atoms with Crippen LogP contribution < -0.4 is 4.74 Å². The monoisotopic (exact) mass is 368 g/mol. The Balaban J connectivity index is 2.11. The van der Waals surface area contributed by atoms with E-state index in [9.17, 15) is 9.59 Å². The normalized spacial score (nSPS) is 10.5. The Morgan fingerprint density at radius 1 is 0.920 bits per heavy atom. The number of aryl methyl sites for hydroxylation is 1. The minimum Gasteiger partial charge on any atom is -0.466 e. The van der Waals surface area contributed by atoms with Crippen molar-refractivity contribution in [3.05, 3.63) is 29.3 Å². The molecule has 0 atom stereocenters.